The molecule has 0 fully saturated rings. The number of amides is 3. The summed E-state index contributed by atoms with van der Waals surface area (Å²) in [5.74, 6) is -1.72. The van der Waals surface area contributed by atoms with Gasteiger partial charge in [-0.25, -0.2) is 0 Å². The van der Waals surface area contributed by atoms with Crippen molar-refractivity contribution in [2.45, 2.75) is 38.3 Å². The summed E-state index contributed by atoms with van der Waals surface area (Å²) in [4.78, 5) is 35.3. The van der Waals surface area contributed by atoms with Crippen LogP contribution >= 0.6 is 11.6 Å². The van der Waals surface area contributed by atoms with Crippen LogP contribution in [0.25, 0.3) is 0 Å². The van der Waals surface area contributed by atoms with E-state index < -0.39 is 29.8 Å². The minimum Gasteiger partial charge on any atom is -0.368 e. The van der Waals surface area contributed by atoms with Gasteiger partial charge in [-0.15, -0.1) is 11.6 Å². The number of rotatable bonds is 9. The lowest BCUT2D eigenvalue weighted by molar-refractivity contribution is -0.130. The van der Waals surface area contributed by atoms with E-state index in [2.05, 4.69) is 10.6 Å². The second-order valence-corrected chi connectivity index (χ2v) is 5.46. The normalized spacial score (nSPS) is 13.0. The Balaban J connectivity index is 2.74. The minimum atomic E-state index is -0.836. The van der Waals surface area contributed by atoms with Gasteiger partial charge in [0.2, 0.25) is 17.7 Å². The average Bonchev–Trinajstić information content (AvgIpc) is 2.54. The number of nitrogens with two attached hydrogens (primary N) is 1. The minimum absolute atomic E-state index is 0.225. The van der Waals surface area contributed by atoms with Crippen molar-refractivity contribution in [2.24, 2.45) is 5.73 Å². The quantitative estimate of drug-likeness (QED) is 0.578. The summed E-state index contributed by atoms with van der Waals surface area (Å²) < 4.78 is 0. The average molecular weight is 340 g/mol. The van der Waals surface area contributed by atoms with Crippen LogP contribution in [0.15, 0.2) is 30.3 Å². The fraction of sp³-hybridized carbons (Fsp3) is 0.438. The van der Waals surface area contributed by atoms with Gasteiger partial charge < -0.3 is 16.4 Å². The van der Waals surface area contributed by atoms with Crippen LogP contribution in [0.4, 0.5) is 0 Å². The third-order valence-corrected chi connectivity index (χ3v) is 3.54. The second-order valence-electron chi connectivity index (χ2n) is 5.20. The molecule has 23 heavy (non-hydrogen) atoms. The van der Waals surface area contributed by atoms with Crippen LogP contribution in [0.1, 0.15) is 25.3 Å². The van der Waals surface area contributed by atoms with E-state index in [4.69, 9.17) is 17.3 Å². The molecule has 3 amide bonds. The molecule has 0 bridgehead atoms. The molecule has 1 aromatic carbocycles. The van der Waals surface area contributed by atoms with E-state index in [9.17, 15) is 14.4 Å². The van der Waals surface area contributed by atoms with Crippen molar-refractivity contribution in [3.63, 3.8) is 0 Å². The van der Waals surface area contributed by atoms with Crippen molar-refractivity contribution in [3.05, 3.63) is 35.9 Å². The topological polar surface area (TPSA) is 101 Å². The van der Waals surface area contributed by atoms with Crippen LogP contribution < -0.4 is 16.4 Å². The molecule has 0 unspecified atom stereocenters. The molecule has 0 aliphatic carbocycles. The third kappa shape index (κ3) is 6.69. The highest BCUT2D eigenvalue weighted by Crippen LogP contribution is 2.05. The van der Waals surface area contributed by atoms with Crippen LogP contribution in [0, 0.1) is 0 Å². The highest BCUT2D eigenvalue weighted by molar-refractivity contribution is 6.27. The lowest BCUT2D eigenvalue weighted by Gasteiger charge is -2.21. The van der Waals surface area contributed by atoms with Gasteiger partial charge in [-0.05, 0) is 12.0 Å². The first-order valence-corrected chi connectivity index (χ1v) is 8.00. The maximum Gasteiger partial charge on any atom is 0.243 e. The molecular weight excluding hydrogens is 318 g/mol. The molecule has 0 heterocycles. The van der Waals surface area contributed by atoms with Gasteiger partial charge >= 0.3 is 0 Å². The van der Waals surface area contributed by atoms with E-state index in [-0.39, 0.29) is 5.88 Å². The first-order valence-electron chi connectivity index (χ1n) is 7.46. The van der Waals surface area contributed by atoms with Crippen molar-refractivity contribution in [2.75, 3.05) is 5.88 Å². The highest BCUT2D eigenvalue weighted by atomic mass is 35.5. The molecule has 2 atom stereocenters. The molecule has 7 heteroatoms. The number of carbonyl (C=O) groups excluding carboxylic acids is 3. The van der Waals surface area contributed by atoms with Crippen molar-refractivity contribution >= 4 is 29.3 Å². The molecule has 0 saturated heterocycles. The van der Waals surface area contributed by atoms with Crippen molar-refractivity contribution in [1.82, 2.24) is 10.6 Å². The Labute approximate surface area is 140 Å². The Kier molecular flexibility index (Phi) is 8.11. The van der Waals surface area contributed by atoms with Gasteiger partial charge in [-0.2, -0.15) is 0 Å². The van der Waals surface area contributed by atoms with Gasteiger partial charge in [-0.1, -0.05) is 43.7 Å². The smallest absolute Gasteiger partial charge is 0.243 e. The Morgan fingerprint density at radius 3 is 2.30 bits per heavy atom. The first kappa shape index (κ1) is 19.0. The number of benzene rings is 1. The van der Waals surface area contributed by atoms with Crippen LogP contribution in [0.3, 0.4) is 0 Å². The summed E-state index contributed by atoms with van der Waals surface area (Å²) in [6.07, 6.45) is 1.44. The Morgan fingerprint density at radius 1 is 1.13 bits per heavy atom. The van der Waals surface area contributed by atoms with Crippen LogP contribution in [-0.2, 0) is 20.8 Å². The molecule has 0 radical (unpaired) electrons. The second kappa shape index (κ2) is 9.84. The highest BCUT2D eigenvalue weighted by Gasteiger charge is 2.25. The van der Waals surface area contributed by atoms with Crippen molar-refractivity contribution in [3.8, 4) is 0 Å². The molecule has 6 nitrogen and oxygen atoms in total. The summed E-state index contributed by atoms with van der Waals surface area (Å²) in [6, 6.07) is 7.68. The van der Waals surface area contributed by atoms with Crippen LogP contribution in [0.5, 0.6) is 0 Å². The molecule has 4 N–H and O–H groups in total. The maximum absolute atomic E-state index is 12.3. The predicted molar refractivity (Wildman–Crippen MR) is 88.8 cm³/mol. The summed E-state index contributed by atoms with van der Waals surface area (Å²) >= 11 is 5.45. The Bertz CT molecular complexity index is 537. The number of carbonyl (C=O) groups is 3. The fourth-order valence-corrected chi connectivity index (χ4v) is 2.21. The molecular formula is C16H22ClN3O3. The van der Waals surface area contributed by atoms with E-state index in [1.807, 2.05) is 37.3 Å². The molecule has 0 spiro atoms. The summed E-state index contributed by atoms with van der Waals surface area (Å²) in [7, 11) is 0. The van der Waals surface area contributed by atoms with E-state index in [0.29, 0.717) is 19.3 Å². The van der Waals surface area contributed by atoms with E-state index in [1.165, 1.54) is 0 Å². The van der Waals surface area contributed by atoms with Gasteiger partial charge in [-0.3, -0.25) is 14.4 Å². The Morgan fingerprint density at radius 2 is 1.78 bits per heavy atom. The molecule has 126 valence electrons. The summed E-state index contributed by atoms with van der Waals surface area (Å²) in [6.45, 7) is 1.89. The monoisotopic (exact) mass is 339 g/mol. The maximum atomic E-state index is 12.3. The Hall–Kier alpha value is -2.08. The fourth-order valence-electron chi connectivity index (χ4n) is 2.14. The predicted octanol–water partition coefficient (Wildman–Crippen LogP) is 0.723. The van der Waals surface area contributed by atoms with Crippen LogP contribution in [-0.4, -0.2) is 35.7 Å². The SMILES string of the molecule is CCC[C@H](NC(=O)CCl)C(=O)N[C@@H](Cc1ccccc1)C(N)=O. The molecule has 0 saturated carbocycles. The zero-order valence-electron chi connectivity index (χ0n) is 13.0. The number of hydrogen-bond donors (Lipinski definition) is 3. The van der Waals surface area contributed by atoms with Crippen LogP contribution in [0.2, 0.25) is 0 Å². The molecule has 0 aliphatic heterocycles. The zero-order chi connectivity index (χ0) is 17.2. The van der Waals surface area contributed by atoms with E-state index >= 15 is 0 Å². The number of primary amides is 1. The number of halogens is 1. The number of hydrogen-bond acceptors (Lipinski definition) is 3. The van der Waals surface area contributed by atoms with Crippen molar-refractivity contribution < 1.29 is 14.4 Å². The molecule has 0 aromatic heterocycles. The molecule has 0 aliphatic rings. The van der Waals surface area contributed by atoms with Gasteiger partial charge in [0.25, 0.3) is 0 Å². The van der Waals surface area contributed by atoms with Gasteiger partial charge in [0.1, 0.15) is 18.0 Å². The zero-order valence-corrected chi connectivity index (χ0v) is 13.8. The third-order valence-electron chi connectivity index (χ3n) is 3.29. The standard InChI is InChI=1S/C16H22ClN3O3/c1-2-6-12(19-14(21)10-17)16(23)20-13(15(18)22)9-11-7-4-3-5-8-11/h3-5,7-8,12-13H,2,6,9-10H2,1H3,(H2,18,22)(H,19,21)(H,20,23)/t12-,13-/m0/s1. The summed E-state index contributed by atoms with van der Waals surface area (Å²) in [5.41, 5.74) is 6.26. The first-order chi connectivity index (χ1) is 11.0. The lowest BCUT2D eigenvalue weighted by Crippen LogP contribution is -2.53. The molecule has 1 aromatic rings. The van der Waals surface area contributed by atoms with Gasteiger partial charge in [0, 0.05) is 6.42 Å². The molecule has 1 rings (SSSR count). The summed E-state index contributed by atoms with van der Waals surface area (Å²) in [5, 5.41) is 5.15. The van der Waals surface area contributed by atoms with Crippen molar-refractivity contribution in [1.29, 1.82) is 0 Å². The van der Waals surface area contributed by atoms with Gasteiger partial charge in [0.05, 0.1) is 0 Å². The van der Waals surface area contributed by atoms with Gasteiger partial charge in [0.15, 0.2) is 0 Å². The largest absolute Gasteiger partial charge is 0.368 e. The lowest BCUT2D eigenvalue weighted by atomic mass is 10.0. The number of nitrogens with one attached hydrogen (secondary N) is 2. The van der Waals surface area contributed by atoms with E-state index in [0.717, 1.165) is 5.56 Å². The van der Waals surface area contributed by atoms with E-state index in [1.54, 1.807) is 0 Å². The number of alkyl halides is 1.